The number of hydrogen-bond acceptors (Lipinski definition) is 3. The first-order valence-electron chi connectivity index (χ1n) is 8.89. The fourth-order valence-corrected chi connectivity index (χ4v) is 4.36. The van der Waals surface area contributed by atoms with Crippen molar-refractivity contribution >= 4 is 6.09 Å². The first-order chi connectivity index (χ1) is 10.1. The van der Waals surface area contributed by atoms with Crippen molar-refractivity contribution in [3.8, 4) is 0 Å². The minimum absolute atomic E-state index is 0.141. The molecule has 4 nitrogen and oxygen atoms in total. The molecule has 1 amide bonds. The van der Waals surface area contributed by atoms with Gasteiger partial charge in [-0.25, -0.2) is 4.79 Å². The maximum atomic E-state index is 12.1. The van der Waals surface area contributed by atoms with Crippen LogP contribution in [0.25, 0.3) is 0 Å². The quantitative estimate of drug-likeness (QED) is 0.850. The highest BCUT2D eigenvalue weighted by atomic mass is 16.6. The average molecular weight is 308 g/mol. The zero-order chi connectivity index (χ0) is 16.1. The number of ether oxygens (including phenoxy) is 1. The molecule has 1 saturated heterocycles. The molecule has 0 aromatic rings. The van der Waals surface area contributed by atoms with Crippen LogP contribution >= 0.6 is 0 Å². The van der Waals surface area contributed by atoms with Crippen LogP contribution in [0.3, 0.4) is 0 Å². The maximum absolute atomic E-state index is 12.1. The van der Waals surface area contributed by atoms with Crippen LogP contribution in [-0.4, -0.2) is 41.8 Å². The number of rotatable bonds is 2. The van der Waals surface area contributed by atoms with Gasteiger partial charge in [-0.15, -0.1) is 0 Å². The van der Waals surface area contributed by atoms with Gasteiger partial charge in [-0.2, -0.15) is 0 Å². The summed E-state index contributed by atoms with van der Waals surface area (Å²) in [4.78, 5) is 14.0. The predicted molar refractivity (Wildman–Crippen MR) is 87.7 cm³/mol. The summed E-state index contributed by atoms with van der Waals surface area (Å²) in [6.45, 7) is 12.3. The van der Waals surface area contributed by atoms with Gasteiger partial charge in [0.25, 0.3) is 0 Å². The van der Waals surface area contributed by atoms with E-state index in [1.807, 2.05) is 25.7 Å². The fraction of sp³-hybridized carbons (Fsp3) is 0.944. The van der Waals surface area contributed by atoms with E-state index in [0.717, 1.165) is 13.1 Å². The van der Waals surface area contributed by atoms with E-state index in [9.17, 15) is 4.79 Å². The third-order valence-corrected chi connectivity index (χ3v) is 5.48. The Kier molecular flexibility index (Phi) is 3.95. The second-order valence-corrected chi connectivity index (χ2v) is 9.36. The number of carbonyl (C=O) groups excluding carboxylic acids is 1. The largest absolute Gasteiger partial charge is 0.444 e. The number of fused-ring (bicyclic) bond motifs is 1. The number of piperidine rings is 1. The molecule has 0 spiro atoms. The van der Waals surface area contributed by atoms with Crippen molar-refractivity contribution in [2.24, 2.45) is 17.3 Å². The summed E-state index contributed by atoms with van der Waals surface area (Å²) in [6.07, 6.45) is 5.16. The van der Waals surface area contributed by atoms with Gasteiger partial charge in [0.15, 0.2) is 0 Å². The molecule has 0 aromatic carbocycles. The summed E-state index contributed by atoms with van der Waals surface area (Å²) >= 11 is 0. The van der Waals surface area contributed by atoms with Crippen molar-refractivity contribution in [2.75, 3.05) is 13.1 Å². The lowest BCUT2D eigenvalue weighted by Crippen LogP contribution is -2.43. The van der Waals surface area contributed by atoms with Crippen LogP contribution in [0.5, 0.6) is 0 Å². The third-order valence-electron chi connectivity index (χ3n) is 5.48. The van der Waals surface area contributed by atoms with Gasteiger partial charge >= 0.3 is 6.09 Å². The number of amides is 1. The summed E-state index contributed by atoms with van der Waals surface area (Å²) in [6, 6.07) is 1.31. The summed E-state index contributed by atoms with van der Waals surface area (Å²) in [5, 5.41) is 3.88. The molecule has 1 N–H and O–H groups in total. The van der Waals surface area contributed by atoms with E-state index in [1.54, 1.807) is 0 Å². The zero-order valence-corrected chi connectivity index (χ0v) is 14.8. The van der Waals surface area contributed by atoms with E-state index < -0.39 is 5.60 Å². The molecule has 3 rings (SSSR count). The highest BCUT2D eigenvalue weighted by Crippen LogP contribution is 2.47. The summed E-state index contributed by atoms with van der Waals surface area (Å²) in [7, 11) is 0. The minimum Gasteiger partial charge on any atom is -0.444 e. The maximum Gasteiger partial charge on any atom is 0.410 e. The molecular weight excluding hydrogens is 276 g/mol. The first-order valence-corrected chi connectivity index (χ1v) is 8.89. The van der Waals surface area contributed by atoms with Crippen LogP contribution in [-0.2, 0) is 4.74 Å². The number of nitrogens with one attached hydrogen (secondary N) is 1. The second kappa shape index (κ2) is 5.40. The standard InChI is InChI=1S/C18H32N2O2/c1-17(2,3)22-16(21)20-10-13-14(11-20)15(13)19-12-7-6-8-18(4,5)9-12/h12-15,19H,6-11H2,1-5H3. The molecule has 0 aromatic heterocycles. The number of hydrogen-bond donors (Lipinski definition) is 1. The van der Waals surface area contributed by atoms with Crippen molar-refractivity contribution in [3.05, 3.63) is 0 Å². The van der Waals surface area contributed by atoms with E-state index >= 15 is 0 Å². The monoisotopic (exact) mass is 308 g/mol. The highest BCUT2D eigenvalue weighted by Gasteiger charge is 2.57. The molecule has 1 aliphatic heterocycles. The number of carbonyl (C=O) groups is 1. The van der Waals surface area contributed by atoms with Crippen LogP contribution in [0.1, 0.15) is 60.3 Å². The molecule has 2 saturated carbocycles. The predicted octanol–water partition coefficient (Wildman–Crippen LogP) is 3.41. The average Bonchev–Trinajstić information content (AvgIpc) is 2.81. The van der Waals surface area contributed by atoms with E-state index in [0.29, 0.717) is 29.3 Å². The van der Waals surface area contributed by atoms with Crippen molar-refractivity contribution in [2.45, 2.75) is 78.0 Å². The Hall–Kier alpha value is -0.770. The topological polar surface area (TPSA) is 41.6 Å². The SMILES string of the molecule is CC1(C)CCCC(NC2C3CN(C(=O)OC(C)(C)C)CC32)C1. The van der Waals surface area contributed by atoms with E-state index in [4.69, 9.17) is 4.74 Å². The van der Waals surface area contributed by atoms with E-state index in [2.05, 4.69) is 19.2 Å². The zero-order valence-electron chi connectivity index (χ0n) is 14.8. The Labute approximate surface area is 135 Å². The van der Waals surface area contributed by atoms with Crippen molar-refractivity contribution < 1.29 is 9.53 Å². The number of likely N-dealkylation sites (tertiary alicyclic amines) is 1. The van der Waals surface area contributed by atoms with Crippen LogP contribution in [0.15, 0.2) is 0 Å². The van der Waals surface area contributed by atoms with Gasteiger partial charge in [0.05, 0.1) is 0 Å². The Balaban J connectivity index is 1.44. The second-order valence-electron chi connectivity index (χ2n) is 9.36. The molecular formula is C18H32N2O2. The summed E-state index contributed by atoms with van der Waals surface area (Å²) < 4.78 is 5.47. The van der Waals surface area contributed by atoms with Crippen molar-refractivity contribution in [1.29, 1.82) is 0 Å². The lowest BCUT2D eigenvalue weighted by Gasteiger charge is -2.36. The van der Waals surface area contributed by atoms with Gasteiger partial charge in [0, 0.05) is 25.2 Å². The summed E-state index contributed by atoms with van der Waals surface area (Å²) in [5.41, 5.74) is 0.0949. The van der Waals surface area contributed by atoms with Gasteiger partial charge < -0.3 is 15.0 Å². The summed E-state index contributed by atoms with van der Waals surface area (Å²) in [5.74, 6) is 1.30. The molecule has 3 unspecified atom stereocenters. The smallest absolute Gasteiger partial charge is 0.410 e. The fourth-order valence-electron chi connectivity index (χ4n) is 4.36. The lowest BCUT2D eigenvalue weighted by molar-refractivity contribution is 0.0268. The van der Waals surface area contributed by atoms with Gasteiger partial charge in [0.2, 0.25) is 0 Å². The number of nitrogens with zero attached hydrogens (tertiary/aromatic N) is 1. The van der Waals surface area contributed by atoms with Crippen LogP contribution in [0.4, 0.5) is 4.79 Å². The van der Waals surface area contributed by atoms with Crippen LogP contribution in [0.2, 0.25) is 0 Å². The van der Waals surface area contributed by atoms with E-state index in [-0.39, 0.29) is 6.09 Å². The highest BCUT2D eigenvalue weighted by molar-refractivity contribution is 5.69. The molecule has 0 bridgehead atoms. The third kappa shape index (κ3) is 3.58. The van der Waals surface area contributed by atoms with Crippen LogP contribution in [0, 0.1) is 17.3 Å². The molecule has 0 radical (unpaired) electrons. The molecule has 4 heteroatoms. The molecule has 126 valence electrons. The molecule has 22 heavy (non-hydrogen) atoms. The Bertz CT molecular complexity index is 429. The van der Waals surface area contributed by atoms with Gasteiger partial charge in [0.1, 0.15) is 5.60 Å². The molecule has 2 aliphatic carbocycles. The molecule has 3 atom stereocenters. The first kappa shape index (κ1) is 16.1. The van der Waals surface area contributed by atoms with Gasteiger partial charge in [-0.05, 0) is 57.3 Å². The Morgan fingerprint density at radius 3 is 2.41 bits per heavy atom. The van der Waals surface area contributed by atoms with Crippen molar-refractivity contribution in [1.82, 2.24) is 10.2 Å². The molecule has 3 aliphatic rings. The normalized spacial score (nSPS) is 36.9. The minimum atomic E-state index is -0.394. The molecule has 3 fully saturated rings. The lowest BCUT2D eigenvalue weighted by atomic mass is 9.75. The molecule has 1 heterocycles. The van der Waals surface area contributed by atoms with E-state index in [1.165, 1.54) is 25.7 Å². The Morgan fingerprint density at radius 2 is 1.86 bits per heavy atom. The van der Waals surface area contributed by atoms with Gasteiger partial charge in [-0.3, -0.25) is 0 Å². The van der Waals surface area contributed by atoms with Gasteiger partial charge in [-0.1, -0.05) is 20.3 Å². The van der Waals surface area contributed by atoms with Crippen molar-refractivity contribution in [3.63, 3.8) is 0 Å². The Morgan fingerprint density at radius 1 is 1.23 bits per heavy atom. The van der Waals surface area contributed by atoms with Crippen LogP contribution < -0.4 is 5.32 Å².